The second kappa shape index (κ2) is 4.18. The van der Waals surface area contributed by atoms with Gasteiger partial charge in [0, 0.05) is 12.6 Å². The number of hydrogen-bond donors (Lipinski definition) is 1. The molecule has 5 nitrogen and oxygen atoms in total. The number of nitrogens with two attached hydrogens (primary N) is 1. The minimum absolute atomic E-state index is 0.0445. The monoisotopic (exact) mass is 229 g/mol. The lowest BCUT2D eigenvalue weighted by molar-refractivity contribution is 0.463. The fourth-order valence-electron chi connectivity index (χ4n) is 1.01. The summed E-state index contributed by atoms with van der Waals surface area (Å²) in [5.74, 6) is 0.642. The van der Waals surface area contributed by atoms with Crippen LogP contribution in [0.25, 0.3) is 0 Å². The van der Waals surface area contributed by atoms with Crippen molar-refractivity contribution in [3.8, 4) is 0 Å². The molecule has 0 aliphatic rings. The van der Waals surface area contributed by atoms with Crippen LogP contribution in [0.3, 0.4) is 0 Å². The molecule has 1 heterocycles. The van der Waals surface area contributed by atoms with Gasteiger partial charge in [-0.3, -0.25) is 0 Å². The van der Waals surface area contributed by atoms with E-state index in [1.54, 1.807) is 0 Å². The van der Waals surface area contributed by atoms with Gasteiger partial charge in [0.25, 0.3) is 0 Å². The fraction of sp³-hybridized carbons (Fsp3) is 0.667. The van der Waals surface area contributed by atoms with Gasteiger partial charge in [-0.25, -0.2) is 0 Å². The largest absolute Gasteiger partial charge is 0.368 e. The first-order chi connectivity index (χ1) is 6.86. The van der Waals surface area contributed by atoms with Crippen LogP contribution < -0.4 is 10.6 Å². The first-order valence-electron chi connectivity index (χ1n) is 4.77. The zero-order valence-electron chi connectivity index (χ0n) is 9.45. The van der Waals surface area contributed by atoms with Crippen molar-refractivity contribution in [1.82, 2.24) is 15.0 Å². The summed E-state index contributed by atoms with van der Waals surface area (Å²) in [4.78, 5) is 13.7. The average Bonchev–Trinajstić information content (AvgIpc) is 2.15. The summed E-state index contributed by atoms with van der Waals surface area (Å²) in [6, 6.07) is 0. The number of hydrogen-bond acceptors (Lipinski definition) is 5. The van der Waals surface area contributed by atoms with Crippen LogP contribution in [0.15, 0.2) is 0 Å². The van der Waals surface area contributed by atoms with Gasteiger partial charge >= 0.3 is 0 Å². The van der Waals surface area contributed by atoms with Crippen LogP contribution in [-0.2, 0) is 0 Å². The molecule has 1 aromatic heterocycles. The molecule has 84 valence electrons. The molecule has 1 aromatic rings. The molecule has 0 saturated carbocycles. The molecule has 0 aliphatic heterocycles. The first-order valence-corrected chi connectivity index (χ1v) is 5.15. The Morgan fingerprint density at radius 2 is 1.93 bits per heavy atom. The van der Waals surface area contributed by atoms with Crippen molar-refractivity contribution >= 4 is 23.5 Å². The molecule has 6 heteroatoms. The highest BCUT2D eigenvalue weighted by atomic mass is 35.5. The molecule has 0 radical (unpaired) electrons. The summed E-state index contributed by atoms with van der Waals surface area (Å²) in [6.45, 7) is 6.30. The summed E-state index contributed by atoms with van der Waals surface area (Å²) in [5, 5.41) is 0.122. The summed E-state index contributed by atoms with van der Waals surface area (Å²) in [7, 11) is 1.91. The normalized spacial score (nSPS) is 11.5. The summed E-state index contributed by atoms with van der Waals surface area (Å²) in [6.07, 6.45) is 0.965. The SMILES string of the molecule is CCC(C)(C)N(C)c1nc(N)nc(Cl)n1. The highest BCUT2D eigenvalue weighted by molar-refractivity contribution is 6.28. The van der Waals surface area contributed by atoms with Crippen LogP contribution >= 0.6 is 11.6 Å². The molecule has 0 unspecified atom stereocenters. The highest BCUT2D eigenvalue weighted by Gasteiger charge is 2.24. The smallest absolute Gasteiger partial charge is 0.231 e. The summed E-state index contributed by atoms with van der Waals surface area (Å²) in [5.41, 5.74) is 5.46. The quantitative estimate of drug-likeness (QED) is 0.855. The van der Waals surface area contributed by atoms with Crippen LogP contribution in [0.5, 0.6) is 0 Å². The maximum absolute atomic E-state index is 5.72. The number of halogens is 1. The summed E-state index contributed by atoms with van der Waals surface area (Å²) >= 11 is 5.72. The van der Waals surface area contributed by atoms with E-state index in [0.29, 0.717) is 5.95 Å². The van der Waals surface area contributed by atoms with Gasteiger partial charge in [0.2, 0.25) is 17.2 Å². The molecule has 0 aromatic carbocycles. The Morgan fingerprint density at radius 3 is 2.40 bits per heavy atom. The molecule has 0 saturated heterocycles. The molecule has 2 N–H and O–H groups in total. The fourth-order valence-corrected chi connectivity index (χ4v) is 1.17. The van der Waals surface area contributed by atoms with E-state index < -0.39 is 0 Å². The third-order valence-corrected chi connectivity index (χ3v) is 2.86. The number of anilines is 2. The third kappa shape index (κ3) is 2.68. The molecule has 0 fully saturated rings. The van der Waals surface area contributed by atoms with Crippen molar-refractivity contribution in [3.05, 3.63) is 5.28 Å². The highest BCUT2D eigenvalue weighted by Crippen LogP contribution is 2.22. The van der Waals surface area contributed by atoms with E-state index in [9.17, 15) is 0 Å². The minimum Gasteiger partial charge on any atom is -0.368 e. The molecule has 0 amide bonds. The Balaban J connectivity index is 3.06. The first kappa shape index (κ1) is 12.0. The van der Waals surface area contributed by atoms with E-state index >= 15 is 0 Å². The standard InChI is InChI=1S/C9H16ClN5/c1-5-9(2,3)15(4)8-13-6(10)12-7(11)14-8/h5H2,1-4H3,(H2,11,12,13,14). The van der Waals surface area contributed by atoms with Crippen LogP contribution in [-0.4, -0.2) is 27.5 Å². The molecular weight excluding hydrogens is 214 g/mol. The lowest BCUT2D eigenvalue weighted by Crippen LogP contribution is -2.41. The van der Waals surface area contributed by atoms with Crippen LogP contribution in [0.1, 0.15) is 27.2 Å². The number of aromatic nitrogens is 3. The number of rotatable bonds is 3. The van der Waals surface area contributed by atoms with Crippen molar-refractivity contribution in [1.29, 1.82) is 0 Å². The molecule has 15 heavy (non-hydrogen) atoms. The van der Waals surface area contributed by atoms with E-state index in [4.69, 9.17) is 17.3 Å². The number of nitrogens with zero attached hydrogens (tertiary/aromatic N) is 4. The molecule has 0 aliphatic carbocycles. The Kier molecular flexibility index (Phi) is 3.34. The van der Waals surface area contributed by atoms with E-state index in [0.717, 1.165) is 6.42 Å². The van der Waals surface area contributed by atoms with Gasteiger partial charge < -0.3 is 10.6 Å². The Morgan fingerprint density at radius 1 is 1.33 bits per heavy atom. The van der Waals surface area contributed by atoms with Crippen LogP contribution in [0.2, 0.25) is 5.28 Å². The van der Waals surface area contributed by atoms with Crippen molar-refractivity contribution in [2.45, 2.75) is 32.7 Å². The lowest BCUT2D eigenvalue weighted by Gasteiger charge is -2.34. The zero-order valence-corrected chi connectivity index (χ0v) is 10.2. The van der Waals surface area contributed by atoms with E-state index in [2.05, 4.69) is 35.7 Å². The van der Waals surface area contributed by atoms with Crippen molar-refractivity contribution < 1.29 is 0 Å². The Labute approximate surface area is 94.7 Å². The van der Waals surface area contributed by atoms with Gasteiger partial charge in [0.05, 0.1) is 0 Å². The average molecular weight is 230 g/mol. The van der Waals surface area contributed by atoms with E-state index in [1.165, 1.54) is 0 Å². The van der Waals surface area contributed by atoms with Crippen molar-refractivity contribution in [2.24, 2.45) is 0 Å². The predicted molar refractivity (Wildman–Crippen MR) is 62.0 cm³/mol. The van der Waals surface area contributed by atoms with Gasteiger partial charge in [-0.2, -0.15) is 15.0 Å². The van der Waals surface area contributed by atoms with Crippen molar-refractivity contribution in [3.63, 3.8) is 0 Å². The zero-order chi connectivity index (χ0) is 11.6. The number of nitrogen functional groups attached to an aromatic ring is 1. The maximum Gasteiger partial charge on any atom is 0.231 e. The van der Waals surface area contributed by atoms with Gasteiger partial charge in [-0.05, 0) is 31.9 Å². The molecular formula is C9H16ClN5. The van der Waals surface area contributed by atoms with Crippen LogP contribution in [0, 0.1) is 0 Å². The Hall–Kier alpha value is -1.10. The minimum atomic E-state index is -0.0445. The van der Waals surface area contributed by atoms with Gasteiger partial charge in [-0.1, -0.05) is 6.92 Å². The molecule has 0 spiro atoms. The van der Waals surface area contributed by atoms with Gasteiger partial charge in [0.15, 0.2) is 0 Å². The Bertz CT molecular complexity index is 332. The topological polar surface area (TPSA) is 67.9 Å². The van der Waals surface area contributed by atoms with Crippen LogP contribution in [0.4, 0.5) is 11.9 Å². The van der Waals surface area contributed by atoms with Crippen molar-refractivity contribution in [2.75, 3.05) is 17.7 Å². The second-order valence-electron chi connectivity index (χ2n) is 3.99. The molecule has 0 atom stereocenters. The van der Waals surface area contributed by atoms with Gasteiger partial charge in [0.1, 0.15) is 0 Å². The maximum atomic E-state index is 5.72. The second-order valence-corrected chi connectivity index (χ2v) is 4.33. The third-order valence-electron chi connectivity index (χ3n) is 2.69. The van der Waals surface area contributed by atoms with E-state index in [-0.39, 0.29) is 16.8 Å². The predicted octanol–water partition coefficient (Wildman–Crippen LogP) is 1.73. The molecule has 0 bridgehead atoms. The van der Waals surface area contributed by atoms with Gasteiger partial charge in [-0.15, -0.1) is 0 Å². The molecule has 1 rings (SSSR count). The lowest BCUT2D eigenvalue weighted by atomic mass is 10.0. The van der Waals surface area contributed by atoms with E-state index in [1.807, 2.05) is 11.9 Å². The summed E-state index contributed by atoms with van der Waals surface area (Å²) < 4.78 is 0.